The Balaban J connectivity index is 1.42. The molecule has 51 heavy (non-hydrogen) atoms. The summed E-state index contributed by atoms with van der Waals surface area (Å²) in [6, 6.07) is 49.8. The molecule has 262 valence electrons. The summed E-state index contributed by atoms with van der Waals surface area (Å²) in [6.07, 6.45) is -1.24. The molecular weight excluding hydrogens is 638 g/mol. The summed E-state index contributed by atoms with van der Waals surface area (Å²) >= 11 is 0. The SMILES string of the molecule is C=CCOC1O[C@H](COC(c2ccccc2)(c2ccccc2)c2ccccc2)[C@@H](OCc2ccccc2)[C@H](OCc2ccccc2)[C@H]1NC(C)=O. The summed E-state index contributed by atoms with van der Waals surface area (Å²) in [5, 5.41) is 3.06. The predicted molar refractivity (Wildman–Crippen MR) is 198 cm³/mol. The smallest absolute Gasteiger partial charge is 0.217 e. The molecular formula is C44H45NO6. The minimum atomic E-state index is -0.997. The maximum absolute atomic E-state index is 12.7. The molecule has 7 nitrogen and oxygen atoms in total. The summed E-state index contributed by atoms with van der Waals surface area (Å²) in [5.41, 5.74) is 3.88. The molecule has 1 amide bonds. The van der Waals surface area contributed by atoms with Gasteiger partial charge in [0.25, 0.3) is 0 Å². The van der Waals surface area contributed by atoms with Crippen LogP contribution in [0.3, 0.4) is 0 Å². The van der Waals surface area contributed by atoms with Crippen molar-refractivity contribution in [3.05, 3.63) is 192 Å². The molecule has 0 aliphatic carbocycles. The molecule has 0 bridgehead atoms. The monoisotopic (exact) mass is 683 g/mol. The molecule has 1 heterocycles. The molecule has 0 spiro atoms. The van der Waals surface area contributed by atoms with E-state index in [1.54, 1.807) is 6.08 Å². The average molecular weight is 684 g/mol. The van der Waals surface area contributed by atoms with Crippen molar-refractivity contribution in [2.45, 2.75) is 56.4 Å². The third kappa shape index (κ3) is 8.89. The lowest BCUT2D eigenvalue weighted by molar-refractivity contribution is -0.291. The van der Waals surface area contributed by atoms with Crippen LogP contribution in [0.5, 0.6) is 0 Å². The Kier molecular flexibility index (Phi) is 12.6. The molecule has 1 aliphatic heterocycles. The zero-order valence-electron chi connectivity index (χ0n) is 28.9. The van der Waals surface area contributed by atoms with Crippen LogP contribution < -0.4 is 5.32 Å². The van der Waals surface area contributed by atoms with Crippen molar-refractivity contribution in [1.29, 1.82) is 0 Å². The third-order valence-corrected chi connectivity index (χ3v) is 8.97. The van der Waals surface area contributed by atoms with Crippen molar-refractivity contribution in [2.75, 3.05) is 13.2 Å². The van der Waals surface area contributed by atoms with Gasteiger partial charge in [-0.15, -0.1) is 6.58 Å². The third-order valence-electron chi connectivity index (χ3n) is 8.97. The highest BCUT2D eigenvalue weighted by Gasteiger charge is 2.50. The molecule has 7 heteroatoms. The fourth-order valence-corrected chi connectivity index (χ4v) is 6.64. The van der Waals surface area contributed by atoms with E-state index in [1.807, 2.05) is 115 Å². The summed E-state index contributed by atoms with van der Waals surface area (Å²) in [6.45, 7) is 6.21. The van der Waals surface area contributed by atoms with E-state index in [0.717, 1.165) is 27.8 Å². The van der Waals surface area contributed by atoms with Crippen LogP contribution in [0.1, 0.15) is 34.7 Å². The topological polar surface area (TPSA) is 75.2 Å². The van der Waals surface area contributed by atoms with Crippen LogP contribution in [-0.4, -0.2) is 49.8 Å². The van der Waals surface area contributed by atoms with Gasteiger partial charge in [0.05, 0.1) is 26.4 Å². The number of benzene rings is 5. The van der Waals surface area contributed by atoms with Gasteiger partial charge in [0.1, 0.15) is 30.0 Å². The Morgan fingerprint density at radius 1 is 0.667 bits per heavy atom. The van der Waals surface area contributed by atoms with Crippen LogP contribution in [-0.2, 0) is 47.3 Å². The fourth-order valence-electron chi connectivity index (χ4n) is 6.64. The van der Waals surface area contributed by atoms with Crippen molar-refractivity contribution in [3.8, 4) is 0 Å². The number of carbonyl (C=O) groups excluding carboxylic acids is 1. The lowest BCUT2D eigenvalue weighted by Crippen LogP contribution is -2.66. The van der Waals surface area contributed by atoms with Gasteiger partial charge in [-0.1, -0.05) is 158 Å². The van der Waals surface area contributed by atoms with E-state index in [2.05, 4.69) is 48.3 Å². The van der Waals surface area contributed by atoms with Gasteiger partial charge in [-0.3, -0.25) is 4.79 Å². The number of carbonyl (C=O) groups is 1. The molecule has 5 atom stereocenters. The maximum Gasteiger partial charge on any atom is 0.217 e. The van der Waals surface area contributed by atoms with Crippen molar-refractivity contribution in [2.24, 2.45) is 0 Å². The lowest BCUT2D eigenvalue weighted by atomic mass is 9.80. The van der Waals surface area contributed by atoms with Gasteiger partial charge in [0.2, 0.25) is 5.91 Å². The summed E-state index contributed by atoms with van der Waals surface area (Å²) in [7, 11) is 0. The van der Waals surface area contributed by atoms with Gasteiger partial charge >= 0.3 is 0 Å². The van der Waals surface area contributed by atoms with E-state index in [4.69, 9.17) is 23.7 Å². The molecule has 5 aromatic carbocycles. The van der Waals surface area contributed by atoms with Crippen LogP contribution >= 0.6 is 0 Å². The van der Waals surface area contributed by atoms with Gasteiger partial charge in [-0.25, -0.2) is 0 Å². The number of nitrogens with one attached hydrogen (secondary N) is 1. The van der Waals surface area contributed by atoms with E-state index in [0.29, 0.717) is 6.61 Å². The van der Waals surface area contributed by atoms with Crippen molar-refractivity contribution >= 4 is 5.91 Å². The minimum Gasteiger partial charge on any atom is -0.368 e. The Bertz CT molecular complexity index is 1680. The van der Waals surface area contributed by atoms with Crippen LogP contribution in [0.2, 0.25) is 0 Å². The number of hydrogen-bond acceptors (Lipinski definition) is 6. The first kappa shape index (κ1) is 35.9. The van der Waals surface area contributed by atoms with E-state index < -0.39 is 36.2 Å². The molecule has 1 saturated heterocycles. The lowest BCUT2D eigenvalue weighted by Gasteiger charge is -2.47. The first-order valence-corrected chi connectivity index (χ1v) is 17.3. The van der Waals surface area contributed by atoms with Crippen molar-refractivity contribution in [3.63, 3.8) is 0 Å². The van der Waals surface area contributed by atoms with Gasteiger partial charge in [-0.2, -0.15) is 0 Å². The second-order valence-electron chi connectivity index (χ2n) is 12.5. The predicted octanol–water partition coefficient (Wildman–Crippen LogP) is 7.60. The van der Waals surface area contributed by atoms with Crippen LogP contribution in [0.25, 0.3) is 0 Å². The highest BCUT2D eigenvalue weighted by molar-refractivity contribution is 5.73. The Morgan fingerprint density at radius 3 is 1.53 bits per heavy atom. The normalized spacial score (nSPS) is 20.4. The average Bonchev–Trinajstić information content (AvgIpc) is 3.18. The van der Waals surface area contributed by atoms with Gasteiger partial charge < -0.3 is 29.0 Å². The Hall–Kier alpha value is -4.89. The number of amides is 1. The molecule has 1 N–H and O–H groups in total. The highest BCUT2D eigenvalue weighted by Crippen LogP contribution is 2.41. The Morgan fingerprint density at radius 2 is 1.10 bits per heavy atom. The number of hydrogen-bond donors (Lipinski definition) is 1. The van der Waals surface area contributed by atoms with Crippen LogP contribution in [0, 0.1) is 0 Å². The molecule has 6 rings (SSSR count). The Labute approximate surface area is 300 Å². The van der Waals surface area contributed by atoms with E-state index >= 15 is 0 Å². The van der Waals surface area contributed by atoms with E-state index in [1.165, 1.54) is 6.92 Å². The maximum atomic E-state index is 12.7. The molecule has 0 aromatic heterocycles. The van der Waals surface area contributed by atoms with Crippen molar-refractivity contribution in [1.82, 2.24) is 5.32 Å². The highest BCUT2D eigenvalue weighted by atomic mass is 16.7. The summed E-state index contributed by atoms with van der Waals surface area (Å²) in [4.78, 5) is 12.7. The first-order valence-electron chi connectivity index (χ1n) is 17.3. The fraction of sp³-hybridized carbons (Fsp3) is 0.250. The largest absolute Gasteiger partial charge is 0.368 e. The van der Waals surface area contributed by atoms with Crippen LogP contribution in [0.4, 0.5) is 0 Å². The van der Waals surface area contributed by atoms with Crippen LogP contribution in [0.15, 0.2) is 164 Å². The number of rotatable bonds is 16. The zero-order valence-corrected chi connectivity index (χ0v) is 28.9. The zero-order chi connectivity index (χ0) is 35.3. The van der Waals surface area contributed by atoms with E-state index in [-0.39, 0.29) is 25.7 Å². The van der Waals surface area contributed by atoms with Crippen molar-refractivity contribution < 1.29 is 28.5 Å². The van der Waals surface area contributed by atoms with Gasteiger partial charge in [0.15, 0.2) is 6.29 Å². The molecule has 1 fully saturated rings. The summed E-state index contributed by atoms with van der Waals surface area (Å²) in [5.74, 6) is -0.239. The second-order valence-corrected chi connectivity index (χ2v) is 12.5. The minimum absolute atomic E-state index is 0.101. The second kappa shape index (κ2) is 17.9. The molecule has 5 aromatic rings. The number of ether oxygens (including phenoxy) is 5. The summed E-state index contributed by atoms with van der Waals surface area (Å²) < 4.78 is 33.8. The molecule has 0 saturated carbocycles. The van der Waals surface area contributed by atoms with Gasteiger partial charge in [-0.05, 0) is 27.8 Å². The van der Waals surface area contributed by atoms with E-state index in [9.17, 15) is 4.79 Å². The molecule has 0 radical (unpaired) electrons. The first-order chi connectivity index (χ1) is 25.1. The molecule has 1 aliphatic rings. The quantitative estimate of drug-likeness (QED) is 0.0854. The molecule has 1 unspecified atom stereocenters. The standard InChI is InChI=1S/C44H45NO6/c1-3-29-47-43-40(45-33(2)46)42(49-31-35-21-11-5-12-22-35)41(48-30-34-19-9-4-10-20-34)39(51-43)32-50-44(36-23-13-6-14-24-36,37-25-15-7-16-26-37)38-27-17-8-18-28-38/h3-28,39-43H,1,29-32H2,2H3,(H,45,46)/t39-,40-,41-,42-,43?/m1/s1. The van der Waals surface area contributed by atoms with Gasteiger partial charge in [0, 0.05) is 6.92 Å².